The maximum atomic E-state index is 5.77. The van der Waals surface area contributed by atoms with Gasteiger partial charge in [-0.05, 0) is 25.0 Å². The van der Waals surface area contributed by atoms with Crippen LogP contribution in [0.4, 0.5) is 0 Å². The number of nitrogens with two attached hydrogens (primary N) is 1. The minimum Gasteiger partial charge on any atom is -0.328 e. The lowest BCUT2D eigenvalue weighted by Crippen LogP contribution is -2.24. The molecule has 1 aromatic carbocycles. The van der Waals surface area contributed by atoms with E-state index < -0.39 is 0 Å². The van der Waals surface area contributed by atoms with Gasteiger partial charge in [-0.15, -0.1) is 0 Å². The molecule has 0 aliphatic carbocycles. The van der Waals surface area contributed by atoms with Crippen LogP contribution in [0, 0.1) is 0 Å². The van der Waals surface area contributed by atoms with Crippen molar-refractivity contribution in [1.82, 2.24) is 0 Å². The van der Waals surface area contributed by atoms with E-state index >= 15 is 0 Å². The zero-order valence-electron chi connectivity index (χ0n) is 7.83. The van der Waals surface area contributed by atoms with Crippen LogP contribution in [0.15, 0.2) is 29.3 Å². The van der Waals surface area contributed by atoms with Crippen molar-refractivity contribution in [2.75, 3.05) is 6.54 Å². The zero-order chi connectivity index (χ0) is 9.26. The molecule has 0 bridgehead atoms. The molecular formula is C11H14N2. The largest absolute Gasteiger partial charge is 0.328 e. The second-order valence-corrected chi connectivity index (χ2v) is 3.62. The molecule has 1 aliphatic rings. The number of rotatable bonds is 2. The molecule has 0 saturated carbocycles. The van der Waals surface area contributed by atoms with E-state index in [-0.39, 0.29) is 6.04 Å². The maximum absolute atomic E-state index is 5.77. The first-order valence-electron chi connectivity index (χ1n) is 4.64. The molecule has 2 heteroatoms. The second kappa shape index (κ2) is 3.30. The molecule has 2 N–H and O–H groups in total. The molecule has 1 atom stereocenters. The average molecular weight is 174 g/mol. The predicted octanol–water partition coefficient (Wildman–Crippen LogP) is 0.208. The lowest BCUT2D eigenvalue weighted by Gasteiger charge is -2.04. The zero-order valence-corrected chi connectivity index (χ0v) is 7.83. The van der Waals surface area contributed by atoms with Gasteiger partial charge in [0.2, 0.25) is 0 Å². The molecule has 0 saturated heterocycles. The third-order valence-electron chi connectivity index (χ3n) is 2.29. The van der Waals surface area contributed by atoms with Crippen molar-refractivity contribution >= 4 is 5.57 Å². The highest BCUT2D eigenvalue weighted by Crippen LogP contribution is 2.05. The van der Waals surface area contributed by atoms with Crippen molar-refractivity contribution in [2.24, 2.45) is 10.7 Å². The lowest BCUT2D eigenvalue weighted by atomic mass is 10.1. The Bertz CT molecular complexity index is 418. The van der Waals surface area contributed by atoms with Gasteiger partial charge in [0.05, 0.1) is 11.9 Å². The number of para-hydroxylation sites is 1. The summed E-state index contributed by atoms with van der Waals surface area (Å²) >= 11 is 0. The third-order valence-corrected chi connectivity index (χ3v) is 2.29. The number of nitrogens with zero attached hydrogens (tertiary/aromatic N) is 1. The first-order chi connectivity index (χ1) is 6.27. The van der Waals surface area contributed by atoms with Crippen LogP contribution < -0.4 is 16.3 Å². The Morgan fingerprint density at radius 2 is 2.23 bits per heavy atom. The highest BCUT2D eigenvalue weighted by molar-refractivity contribution is 5.49. The van der Waals surface area contributed by atoms with Crippen molar-refractivity contribution in [3.05, 3.63) is 34.8 Å². The monoisotopic (exact) mass is 174 g/mol. The summed E-state index contributed by atoms with van der Waals surface area (Å²) in [6.45, 7) is 2.87. The van der Waals surface area contributed by atoms with Crippen molar-refractivity contribution < 1.29 is 0 Å². The van der Waals surface area contributed by atoms with Crippen molar-refractivity contribution in [2.45, 2.75) is 19.4 Å². The van der Waals surface area contributed by atoms with Gasteiger partial charge in [-0.1, -0.05) is 18.2 Å². The SMILES string of the molecule is C[C@H](N)CC1=c2ccccc2=NC1. The molecule has 0 radical (unpaired) electrons. The Morgan fingerprint density at radius 3 is 3.00 bits per heavy atom. The summed E-state index contributed by atoms with van der Waals surface area (Å²) in [6, 6.07) is 8.50. The summed E-state index contributed by atoms with van der Waals surface area (Å²) in [5, 5.41) is 2.41. The van der Waals surface area contributed by atoms with Gasteiger partial charge < -0.3 is 5.73 Å². The summed E-state index contributed by atoms with van der Waals surface area (Å²) in [6.07, 6.45) is 0.959. The van der Waals surface area contributed by atoms with Crippen LogP contribution in [0.5, 0.6) is 0 Å². The van der Waals surface area contributed by atoms with Crippen LogP contribution in [-0.4, -0.2) is 12.6 Å². The van der Waals surface area contributed by atoms with E-state index in [9.17, 15) is 0 Å². The highest BCUT2D eigenvalue weighted by atomic mass is 14.7. The van der Waals surface area contributed by atoms with E-state index in [1.807, 2.05) is 13.0 Å². The van der Waals surface area contributed by atoms with Crippen LogP contribution in [0.25, 0.3) is 5.57 Å². The normalized spacial score (nSPS) is 16.6. The van der Waals surface area contributed by atoms with Gasteiger partial charge in [-0.2, -0.15) is 0 Å². The minimum atomic E-state index is 0.233. The van der Waals surface area contributed by atoms with E-state index in [0.717, 1.165) is 18.3 Å². The van der Waals surface area contributed by atoms with Crippen molar-refractivity contribution in [1.29, 1.82) is 0 Å². The highest BCUT2D eigenvalue weighted by Gasteiger charge is 2.07. The minimum absolute atomic E-state index is 0.233. The predicted molar refractivity (Wildman–Crippen MR) is 53.8 cm³/mol. The third kappa shape index (κ3) is 1.63. The summed E-state index contributed by atoms with van der Waals surface area (Å²) in [5.74, 6) is 0. The van der Waals surface area contributed by atoms with Crippen LogP contribution in [0.1, 0.15) is 13.3 Å². The second-order valence-electron chi connectivity index (χ2n) is 3.62. The fraction of sp³-hybridized carbons (Fsp3) is 0.364. The average Bonchev–Trinajstić information content (AvgIpc) is 2.48. The van der Waals surface area contributed by atoms with Crippen LogP contribution >= 0.6 is 0 Å². The quantitative estimate of drug-likeness (QED) is 0.684. The number of benzene rings is 1. The molecule has 68 valence electrons. The van der Waals surface area contributed by atoms with Crippen molar-refractivity contribution in [3.63, 3.8) is 0 Å². The van der Waals surface area contributed by atoms with Gasteiger partial charge in [0, 0.05) is 11.3 Å². The van der Waals surface area contributed by atoms with Crippen LogP contribution in [-0.2, 0) is 0 Å². The van der Waals surface area contributed by atoms with E-state index in [2.05, 4.69) is 23.2 Å². The summed E-state index contributed by atoms with van der Waals surface area (Å²) in [5.41, 5.74) is 7.15. The Kier molecular flexibility index (Phi) is 2.15. The van der Waals surface area contributed by atoms with Crippen LogP contribution in [0.2, 0.25) is 0 Å². The van der Waals surface area contributed by atoms with Gasteiger partial charge in [-0.3, -0.25) is 4.99 Å². The first-order valence-corrected chi connectivity index (χ1v) is 4.64. The number of fused-ring (bicyclic) bond motifs is 1. The smallest absolute Gasteiger partial charge is 0.0650 e. The summed E-state index contributed by atoms with van der Waals surface area (Å²) in [7, 11) is 0. The molecule has 0 aromatic heterocycles. The first kappa shape index (κ1) is 8.45. The van der Waals surface area contributed by atoms with Gasteiger partial charge in [0.15, 0.2) is 0 Å². The maximum Gasteiger partial charge on any atom is 0.0650 e. The van der Waals surface area contributed by atoms with E-state index in [4.69, 9.17) is 5.73 Å². The summed E-state index contributed by atoms with van der Waals surface area (Å²) in [4.78, 5) is 4.44. The van der Waals surface area contributed by atoms with Gasteiger partial charge >= 0.3 is 0 Å². The molecule has 1 aromatic rings. The van der Waals surface area contributed by atoms with Gasteiger partial charge in [0.1, 0.15) is 0 Å². The number of hydrogen-bond acceptors (Lipinski definition) is 2. The fourth-order valence-corrected chi connectivity index (χ4v) is 1.74. The Morgan fingerprint density at radius 1 is 1.46 bits per heavy atom. The summed E-state index contributed by atoms with van der Waals surface area (Å²) < 4.78 is 0. The molecule has 0 fully saturated rings. The topological polar surface area (TPSA) is 38.4 Å². The van der Waals surface area contributed by atoms with Gasteiger partial charge in [-0.25, -0.2) is 0 Å². The Balaban J connectivity index is 2.48. The molecule has 0 spiro atoms. The van der Waals surface area contributed by atoms with Crippen LogP contribution in [0.3, 0.4) is 0 Å². The molecule has 2 nitrogen and oxygen atoms in total. The lowest BCUT2D eigenvalue weighted by molar-refractivity contribution is 0.759. The molecular weight excluding hydrogens is 160 g/mol. The Hall–Kier alpha value is -1.15. The van der Waals surface area contributed by atoms with Gasteiger partial charge in [0.25, 0.3) is 0 Å². The molecule has 0 amide bonds. The molecule has 0 unspecified atom stereocenters. The molecule has 1 aliphatic heterocycles. The van der Waals surface area contributed by atoms with Crippen molar-refractivity contribution in [3.8, 4) is 0 Å². The molecule has 1 heterocycles. The molecule has 13 heavy (non-hydrogen) atoms. The standard InChI is InChI=1S/C11H14N2/c1-8(12)6-9-7-13-11-5-3-2-4-10(9)11/h2-5,8H,6-7,12H2,1H3/t8-/m0/s1. The van der Waals surface area contributed by atoms with E-state index in [1.54, 1.807) is 0 Å². The number of hydrogen-bond donors (Lipinski definition) is 1. The fourth-order valence-electron chi connectivity index (χ4n) is 1.74. The van der Waals surface area contributed by atoms with E-state index in [0.29, 0.717) is 0 Å². The van der Waals surface area contributed by atoms with E-state index in [1.165, 1.54) is 10.8 Å². The molecule has 2 rings (SSSR count). The Labute approximate surface area is 77.8 Å².